The van der Waals surface area contributed by atoms with Gasteiger partial charge in [0, 0.05) is 13.1 Å². The van der Waals surface area contributed by atoms with E-state index in [0.717, 1.165) is 31.8 Å². The second-order valence-corrected chi connectivity index (χ2v) is 4.39. The summed E-state index contributed by atoms with van der Waals surface area (Å²) in [5.41, 5.74) is 0.511. The molecule has 1 aliphatic rings. The standard InChI is InChI=1S/C12H17NO2/c1-9-5-7-13(8-6-9)11-4-3-10(2)15-12(11)14/h3-4,9H,5-8H2,1-2H3. The second-order valence-electron chi connectivity index (χ2n) is 4.39. The van der Waals surface area contributed by atoms with E-state index in [1.54, 1.807) is 6.92 Å². The summed E-state index contributed by atoms with van der Waals surface area (Å²) in [4.78, 5) is 13.7. The molecule has 0 saturated carbocycles. The summed E-state index contributed by atoms with van der Waals surface area (Å²) < 4.78 is 5.09. The number of piperidine rings is 1. The molecule has 0 unspecified atom stereocenters. The van der Waals surface area contributed by atoms with Crippen molar-refractivity contribution in [3.05, 3.63) is 28.3 Å². The minimum atomic E-state index is -0.204. The summed E-state index contributed by atoms with van der Waals surface area (Å²) in [6.07, 6.45) is 2.32. The highest BCUT2D eigenvalue weighted by molar-refractivity contribution is 5.43. The van der Waals surface area contributed by atoms with E-state index in [0.29, 0.717) is 11.4 Å². The van der Waals surface area contributed by atoms with Crippen molar-refractivity contribution in [3.8, 4) is 0 Å². The largest absolute Gasteiger partial charge is 0.427 e. The molecule has 0 amide bonds. The lowest BCUT2D eigenvalue weighted by atomic mass is 9.99. The van der Waals surface area contributed by atoms with E-state index in [-0.39, 0.29) is 5.63 Å². The molecular weight excluding hydrogens is 190 g/mol. The van der Waals surface area contributed by atoms with Crippen LogP contribution >= 0.6 is 0 Å². The predicted molar refractivity (Wildman–Crippen MR) is 60.3 cm³/mol. The molecule has 0 spiro atoms. The minimum absolute atomic E-state index is 0.204. The first kappa shape index (κ1) is 10.3. The van der Waals surface area contributed by atoms with Crippen molar-refractivity contribution in [2.45, 2.75) is 26.7 Å². The molecule has 1 saturated heterocycles. The van der Waals surface area contributed by atoms with Crippen molar-refractivity contribution in [1.82, 2.24) is 0 Å². The number of aryl methyl sites for hydroxylation is 1. The second kappa shape index (κ2) is 4.09. The third kappa shape index (κ3) is 2.22. The highest BCUT2D eigenvalue weighted by Crippen LogP contribution is 2.20. The average molecular weight is 207 g/mol. The number of hydrogen-bond acceptors (Lipinski definition) is 3. The Bertz CT molecular complexity index is 389. The van der Waals surface area contributed by atoms with Gasteiger partial charge in [0.1, 0.15) is 11.4 Å². The van der Waals surface area contributed by atoms with Crippen LogP contribution in [0.5, 0.6) is 0 Å². The van der Waals surface area contributed by atoms with Crippen LogP contribution in [-0.2, 0) is 0 Å². The minimum Gasteiger partial charge on any atom is -0.427 e. The quantitative estimate of drug-likeness (QED) is 0.707. The van der Waals surface area contributed by atoms with Crippen LogP contribution in [0.1, 0.15) is 25.5 Å². The maximum Gasteiger partial charge on any atom is 0.359 e. The first-order valence-corrected chi connectivity index (χ1v) is 5.52. The molecule has 2 heterocycles. The predicted octanol–water partition coefficient (Wildman–Crippen LogP) is 2.18. The highest BCUT2D eigenvalue weighted by Gasteiger charge is 2.18. The zero-order valence-electron chi connectivity index (χ0n) is 9.32. The van der Waals surface area contributed by atoms with Gasteiger partial charge in [-0.2, -0.15) is 0 Å². The van der Waals surface area contributed by atoms with Gasteiger partial charge >= 0.3 is 5.63 Å². The third-order valence-electron chi connectivity index (χ3n) is 3.06. The SMILES string of the molecule is Cc1ccc(N2CCC(C)CC2)c(=O)o1. The molecule has 15 heavy (non-hydrogen) atoms. The molecule has 0 aromatic carbocycles. The third-order valence-corrected chi connectivity index (χ3v) is 3.06. The smallest absolute Gasteiger partial charge is 0.359 e. The van der Waals surface area contributed by atoms with Gasteiger partial charge in [0.2, 0.25) is 0 Å². The van der Waals surface area contributed by atoms with Crippen molar-refractivity contribution in [3.63, 3.8) is 0 Å². The van der Waals surface area contributed by atoms with Gasteiger partial charge in [-0.25, -0.2) is 4.79 Å². The molecule has 3 heteroatoms. The molecule has 82 valence electrons. The van der Waals surface area contributed by atoms with Gasteiger partial charge in [0.15, 0.2) is 0 Å². The number of hydrogen-bond donors (Lipinski definition) is 0. The van der Waals surface area contributed by atoms with Crippen molar-refractivity contribution < 1.29 is 4.42 Å². The summed E-state index contributed by atoms with van der Waals surface area (Å²) in [6.45, 7) is 5.99. The molecule has 0 bridgehead atoms. The van der Waals surface area contributed by atoms with Gasteiger partial charge in [-0.1, -0.05) is 6.92 Å². The van der Waals surface area contributed by atoms with Gasteiger partial charge in [-0.05, 0) is 37.8 Å². The maximum absolute atomic E-state index is 11.6. The molecule has 2 rings (SSSR count). The first-order chi connectivity index (χ1) is 7.16. The Morgan fingerprint density at radius 1 is 1.33 bits per heavy atom. The Balaban J connectivity index is 2.19. The van der Waals surface area contributed by atoms with E-state index in [1.807, 2.05) is 12.1 Å². The van der Waals surface area contributed by atoms with Crippen LogP contribution in [0.25, 0.3) is 0 Å². The van der Waals surface area contributed by atoms with E-state index >= 15 is 0 Å². The molecule has 0 aliphatic carbocycles. The molecule has 3 nitrogen and oxygen atoms in total. The van der Waals surface area contributed by atoms with Crippen LogP contribution in [-0.4, -0.2) is 13.1 Å². The molecule has 0 radical (unpaired) electrons. The first-order valence-electron chi connectivity index (χ1n) is 5.52. The van der Waals surface area contributed by atoms with Crippen molar-refractivity contribution in [2.75, 3.05) is 18.0 Å². The van der Waals surface area contributed by atoms with Crippen LogP contribution in [0.15, 0.2) is 21.3 Å². The lowest BCUT2D eigenvalue weighted by Crippen LogP contribution is -2.35. The summed E-state index contributed by atoms with van der Waals surface area (Å²) in [6, 6.07) is 3.73. The number of anilines is 1. The van der Waals surface area contributed by atoms with E-state index in [4.69, 9.17) is 4.42 Å². The number of rotatable bonds is 1. The van der Waals surface area contributed by atoms with Crippen molar-refractivity contribution in [2.24, 2.45) is 5.92 Å². The molecule has 1 aliphatic heterocycles. The maximum atomic E-state index is 11.6. The molecule has 1 aromatic rings. The van der Waals surface area contributed by atoms with E-state index in [9.17, 15) is 4.79 Å². The van der Waals surface area contributed by atoms with Crippen LogP contribution in [0.3, 0.4) is 0 Å². The zero-order valence-corrected chi connectivity index (χ0v) is 9.32. The van der Waals surface area contributed by atoms with E-state index < -0.39 is 0 Å². The van der Waals surface area contributed by atoms with E-state index in [2.05, 4.69) is 11.8 Å². The summed E-state index contributed by atoms with van der Waals surface area (Å²) in [5, 5.41) is 0. The van der Waals surface area contributed by atoms with Crippen LogP contribution in [0, 0.1) is 12.8 Å². The Morgan fingerprint density at radius 2 is 2.00 bits per heavy atom. The van der Waals surface area contributed by atoms with Crippen LogP contribution in [0.4, 0.5) is 5.69 Å². The lowest BCUT2D eigenvalue weighted by molar-refractivity contribution is 0.428. The van der Waals surface area contributed by atoms with Gasteiger partial charge < -0.3 is 9.32 Å². The monoisotopic (exact) mass is 207 g/mol. The Labute approximate surface area is 89.7 Å². The molecule has 0 atom stereocenters. The normalized spacial score (nSPS) is 18.1. The Kier molecular flexibility index (Phi) is 2.80. The van der Waals surface area contributed by atoms with Crippen LogP contribution in [0.2, 0.25) is 0 Å². The van der Waals surface area contributed by atoms with E-state index in [1.165, 1.54) is 0 Å². The average Bonchev–Trinajstić information content (AvgIpc) is 2.20. The summed E-state index contributed by atoms with van der Waals surface area (Å²) >= 11 is 0. The fourth-order valence-corrected chi connectivity index (χ4v) is 1.98. The molecule has 0 N–H and O–H groups in total. The van der Waals surface area contributed by atoms with Gasteiger partial charge in [-0.3, -0.25) is 0 Å². The summed E-state index contributed by atoms with van der Waals surface area (Å²) in [7, 11) is 0. The lowest BCUT2D eigenvalue weighted by Gasteiger charge is -2.30. The zero-order chi connectivity index (χ0) is 10.8. The molecule has 1 fully saturated rings. The highest BCUT2D eigenvalue weighted by atomic mass is 16.4. The Morgan fingerprint density at radius 3 is 2.60 bits per heavy atom. The topological polar surface area (TPSA) is 33.5 Å². The van der Waals surface area contributed by atoms with Gasteiger partial charge in [0.05, 0.1) is 0 Å². The molecular formula is C12H17NO2. The molecule has 1 aromatic heterocycles. The number of nitrogens with zero attached hydrogens (tertiary/aromatic N) is 1. The van der Waals surface area contributed by atoms with Crippen LogP contribution < -0.4 is 10.5 Å². The Hall–Kier alpha value is -1.25. The fourth-order valence-electron chi connectivity index (χ4n) is 1.98. The fraction of sp³-hybridized carbons (Fsp3) is 0.583. The van der Waals surface area contributed by atoms with Gasteiger partial charge in [0.25, 0.3) is 0 Å². The van der Waals surface area contributed by atoms with Crippen molar-refractivity contribution >= 4 is 5.69 Å². The van der Waals surface area contributed by atoms with Crippen molar-refractivity contribution in [1.29, 1.82) is 0 Å². The van der Waals surface area contributed by atoms with Gasteiger partial charge in [-0.15, -0.1) is 0 Å². The summed E-state index contributed by atoms with van der Waals surface area (Å²) in [5.74, 6) is 1.45.